The van der Waals surface area contributed by atoms with Gasteiger partial charge in [0.25, 0.3) is 11.8 Å². The van der Waals surface area contributed by atoms with Gasteiger partial charge in [0.15, 0.2) is 11.6 Å². The molecule has 2 spiro atoms. The second-order valence-electron chi connectivity index (χ2n) is 13.3. The summed E-state index contributed by atoms with van der Waals surface area (Å²) in [6.07, 6.45) is 8.80. The predicted octanol–water partition coefficient (Wildman–Crippen LogP) is 7.95. The third-order valence-corrected chi connectivity index (χ3v) is 10.5. The van der Waals surface area contributed by atoms with Gasteiger partial charge in [-0.3, -0.25) is 29.2 Å². The molecule has 0 bridgehead atoms. The van der Waals surface area contributed by atoms with E-state index in [1.165, 1.54) is 17.0 Å². The number of hydrogen-bond acceptors (Lipinski definition) is 6. The van der Waals surface area contributed by atoms with Gasteiger partial charge in [-0.1, -0.05) is 66.4 Å². The van der Waals surface area contributed by atoms with Crippen LogP contribution in [0.3, 0.4) is 0 Å². The maximum Gasteiger partial charge on any atom is 0.275 e. The van der Waals surface area contributed by atoms with Crippen molar-refractivity contribution in [2.45, 2.75) is 75.5 Å². The molecule has 2 heterocycles. The zero-order valence-corrected chi connectivity index (χ0v) is 30.4. The molecule has 2 saturated carbocycles. The smallest absolute Gasteiger partial charge is 0.275 e. The lowest BCUT2D eigenvalue weighted by Crippen LogP contribution is -2.51. The van der Waals surface area contributed by atoms with Crippen molar-refractivity contribution in [3.05, 3.63) is 99.5 Å². The molecule has 1 N–H and O–H groups in total. The highest BCUT2D eigenvalue weighted by Crippen LogP contribution is 2.41. The van der Waals surface area contributed by atoms with Crippen LogP contribution < -0.4 is 5.32 Å². The van der Waals surface area contributed by atoms with Crippen molar-refractivity contribution in [1.29, 1.82) is 0 Å². The van der Waals surface area contributed by atoms with E-state index in [1.54, 1.807) is 53.4 Å². The minimum Gasteiger partial charge on any atom is -0.322 e. The summed E-state index contributed by atoms with van der Waals surface area (Å²) in [7, 11) is 0. The minimum atomic E-state index is -1.14. The van der Waals surface area contributed by atoms with E-state index in [0.717, 1.165) is 63.0 Å². The molecule has 0 aromatic heterocycles. The fraction of sp³-hybridized carbons (Fsp3) is 0.368. The van der Waals surface area contributed by atoms with Crippen LogP contribution in [0.15, 0.2) is 76.7 Å². The summed E-state index contributed by atoms with van der Waals surface area (Å²) >= 11 is 17.4. The highest BCUT2D eigenvalue weighted by molar-refractivity contribution is 6.64. The lowest BCUT2D eigenvalue weighted by molar-refractivity contribution is -0.134. The lowest BCUT2D eigenvalue weighted by atomic mass is 9.88. The Kier molecular flexibility index (Phi) is 11.4. The minimum absolute atomic E-state index is 0.0963. The Morgan fingerprint density at radius 3 is 1.56 bits per heavy atom. The Bertz CT molecular complexity index is 1930. The Morgan fingerprint density at radius 1 is 0.673 bits per heavy atom. The number of anilines is 1. The summed E-state index contributed by atoms with van der Waals surface area (Å²) in [5.74, 6) is -3.37. The van der Waals surface area contributed by atoms with Gasteiger partial charge in [0.05, 0.1) is 12.2 Å². The first-order chi connectivity index (χ1) is 24.9. The summed E-state index contributed by atoms with van der Waals surface area (Å²) < 4.78 is 27.3. The first-order valence-electron chi connectivity index (χ1n) is 17.2. The second kappa shape index (κ2) is 15.8. The van der Waals surface area contributed by atoms with E-state index in [9.17, 15) is 28.0 Å². The number of carbonyl (C=O) groups is 4. The van der Waals surface area contributed by atoms with Crippen LogP contribution in [0.1, 0.15) is 75.3 Å². The van der Waals surface area contributed by atoms with Crippen LogP contribution in [0.2, 0.25) is 10.0 Å². The molecule has 4 aliphatic rings. The molecular weight excluding hydrogens is 735 g/mol. The molecular formula is C38H36Cl3F2N5O4. The van der Waals surface area contributed by atoms with Gasteiger partial charge in [0.1, 0.15) is 29.3 Å². The molecule has 2 aliphatic carbocycles. The standard InChI is InChI=1S/C22H20ClF2N3O2.C16H16Cl2N2O2/c23-15-9-7-14(8-10-15)20-21(30)28(22(27-20)11-2-1-3-12-22)13-18(29)26-17-6-4-5-16(24)19(17)25;17-12-6-4-11(5-7-12)14-15(22)20(10-13(18)21)16(19-14)8-2-1-3-9-16/h4-10H,1-3,11-13H2,(H,26,29);4-7H,1-3,8-10H2. The zero-order chi connectivity index (χ0) is 37.0. The van der Waals surface area contributed by atoms with E-state index in [2.05, 4.69) is 5.32 Å². The van der Waals surface area contributed by atoms with Crippen molar-refractivity contribution in [2.75, 3.05) is 18.4 Å². The van der Waals surface area contributed by atoms with E-state index in [1.807, 2.05) is 0 Å². The average Bonchev–Trinajstić information content (AvgIpc) is 3.53. The SMILES string of the molecule is O=C(CN1C(=O)C(c2ccc(Cl)cc2)=NC12CCCCC2)Nc1cccc(F)c1F.O=C(Cl)CN1C(=O)C(c2ccc(Cl)cc2)=NC12CCCCC2. The van der Waals surface area contributed by atoms with Crippen molar-refractivity contribution in [3.8, 4) is 0 Å². The summed E-state index contributed by atoms with van der Waals surface area (Å²) in [5.41, 5.74) is 0.395. The van der Waals surface area contributed by atoms with E-state index in [4.69, 9.17) is 44.8 Å². The third-order valence-electron chi connectivity index (χ3n) is 9.89. The number of hydrogen-bond donors (Lipinski definition) is 1. The van der Waals surface area contributed by atoms with Crippen molar-refractivity contribution in [1.82, 2.24) is 9.80 Å². The molecule has 0 radical (unpaired) electrons. The largest absolute Gasteiger partial charge is 0.322 e. The van der Waals surface area contributed by atoms with Gasteiger partial charge in [-0.05, 0) is 99.4 Å². The van der Waals surface area contributed by atoms with Gasteiger partial charge in [-0.25, -0.2) is 8.78 Å². The van der Waals surface area contributed by atoms with Crippen LogP contribution in [0.25, 0.3) is 0 Å². The Labute approximate surface area is 315 Å². The van der Waals surface area contributed by atoms with Crippen LogP contribution >= 0.6 is 34.8 Å². The monoisotopic (exact) mass is 769 g/mol. The lowest BCUT2D eigenvalue weighted by Gasteiger charge is -2.38. The van der Waals surface area contributed by atoms with Crippen LogP contribution in [-0.2, 0) is 19.2 Å². The maximum atomic E-state index is 13.9. The molecule has 7 rings (SSSR count). The molecule has 0 saturated heterocycles. The number of nitrogens with one attached hydrogen (secondary N) is 1. The summed E-state index contributed by atoms with van der Waals surface area (Å²) in [6, 6.07) is 17.4. The summed E-state index contributed by atoms with van der Waals surface area (Å²) in [6.45, 7) is -0.393. The van der Waals surface area contributed by atoms with Crippen molar-refractivity contribution < 1.29 is 28.0 Å². The number of nitrogens with zero attached hydrogens (tertiary/aromatic N) is 4. The fourth-order valence-corrected chi connectivity index (χ4v) is 7.72. The number of rotatable bonds is 7. The van der Waals surface area contributed by atoms with Gasteiger partial charge in [-0.2, -0.15) is 0 Å². The van der Waals surface area contributed by atoms with Crippen molar-refractivity contribution >= 4 is 74.9 Å². The molecule has 14 heteroatoms. The summed E-state index contributed by atoms with van der Waals surface area (Å²) in [4.78, 5) is 62.5. The summed E-state index contributed by atoms with van der Waals surface area (Å²) in [5, 5.41) is 2.98. The number of halogens is 5. The quantitative estimate of drug-likeness (QED) is 0.246. The average molecular weight is 771 g/mol. The molecule has 0 unspecified atom stereocenters. The van der Waals surface area contributed by atoms with E-state index in [-0.39, 0.29) is 30.6 Å². The van der Waals surface area contributed by atoms with Crippen LogP contribution in [0.4, 0.5) is 14.5 Å². The van der Waals surface area contributed by atoms with Crippen molar-refractivity contribution in [3.63, 3.8) is 0 Å². The van der Waals surface area contributed by atoms with E-state index >= 15 is 0 Å². The second-order valence-corrected chi connectivity index (χ2v) is 14.6. The Hall–Kier alpha value is -4.19. The fourth-order valence-electron chi connectivity index (χ4n) is 7.35. The van der Waals surface area contributed by atoms with Gasteiger partial charge < -0.3 is 15.1 Å². The Morgan fingerprint density at radius 2 is 1.12 bits per heavy atom. The van der Waals surface area contributed by atoms with Gasteiger partial charge >= 0.3 is 0 Å². The molecule has 2 fully saturated rings. The molecule has 9 nitrogen and oxygen atoms in total. The predicted molar refractivity (Wildman–Crippen MR) is 197 cm³/mol. The number of aliphatic imine (C=N–C) groups is 2. The first kappa shape index (κ1) is 37.6. The van der Waals surface area contributed by atoms with Crippen LogP contribution in [0.5, 0.6) is 0 Å². The zero-order valence-electron chi connectivity index (χ0n) is 28.1. The molecule has 2 aliphatic heterocycles. The molecule has 3 aromatic carbocycles. The number of carbonyl (C=O) groups excluding carboxylic acids is 4. The Balaban J connectivity index is 0.000000187. The molecule has 272 valence electrons. The maximum absolute atomic E-state index is 13.9. The molecule has 52 heavy (non-hydrogen) atoms. The molecule has 0 atom stereocenters. The van der Waals surface area contributed by atoms with Gasteiger partial charge in [-0.15, -0.1) is 0 Å². The van der Waals surface area contributed by atoms with Crippen LogP contribution in [-0.4, -0.2) is 68.6 Å². The highest BCUT2D eigenvalue weighted by Gasteiger charge is 2.49. The normalized spacial score (nSPS) is 18.9. The molecule has 3 amide bonds. The number of benzene rings is 3. The van der Waals surface area contributed by atoms with Crippen LogP contribution in [0, 0.1) is 11.6 Å². The topological polar surface area (TPSA) is 112 Å². The van der Waals surface area contributed by atoms with Gasteiger partial charge in [0.2, 0.25) is 11.1 Å². The van der Waals surface area contributed by atoms with Gasteiger partial charge in [0, 0.05) is 21.2 Å². The first-order valence-corrected chi connectivity index (χ1v) is 18.3. The van der Waals surface area contributed by atoms with Crippen molar-refractivity contribution in [2.24, 2.45) is 9.98 Å². The van der Waals surface area contributed by atoms with E-state index < -0.39 is 34.1 Å². The third kappa shape index (κ3) is 7.91. The molecule has 3 aromatic rings. The highest BCUT2D eigenvalue weighted by atomic mass is 35.5. The van der Waals surface area contributed by atoms with E-state index in [0.29, 0.717) is 39.9 Å². The number of amides is 3.